The molecule has 0 atom stereocenters. The van der Waals surface area contributed by atoms with Gasteiger partial charge in [0, 0.05) is 37.3 Å². The van der Waals surface area contributed by atoms with E-state index in [-0.39, 0.29) is 0 Å². The third kappa shape index (κ3) is 1.20. The van der Waals surface area contributed by atoms with Gasteiger partial charge in [0.25, 0.3) is 0 Å². The average Bonchev–Trinajstić information content (AvgIpc) is 2.53. The fraction of sp³-hybridized carbons (Fsp3) is 0.300. The van der Waals surface area contributed by atoms with Gasteiger partial charge >= 0.3 is 0 Å². The van der Waals surface area contributed by atoms with Gasteiger partial charge in [-0.15, -0.1) is 0 Å². The largest absolute Gasteiger partial charge is 0.351 e. The first kappa shape index (κ1) is 7.35. The van der Waals surface area contributed by atoms with E-state index in [1.807, 2.05) is 6.21 Å². The fourth-order valence-electron chi connectivity index (χ4n) is 1.44. The zero-order valence-corrected chi connectivity index (χ0v) is 7.20. The van der Waals surface area contributed by atoms with E-state index in [4.69, 9.17) is 0 Å². The van der Waals surface area contributed by atoms with Crippen LogP contribution in [0.4, 0.5) is 0 Å². The molecule has 0 aromatic carbocycles. The van der Waals surface area contributed by atoms with Crippen molar-refractivity contribution >= 4 is 11.8 Å². The summed E-state index contributed by atoms with van der Waals surface area (Å²) in [7, 11) is 2.05. The topological polar surface area (TPSA) is 17.3 Å². The molecule has 0 bridgehead atoms. The second-order valence-electron chi connectivity index (χ2n) is 2.99. The van der Waals surface area contributed by atoms with E-state index in [1.54, 1.807) is 0 Å². The minimum Gasteiger partial charge on any atom is -0.351 e. The highest BCUT2D eigenvalue weighted by atomic mass is 14.9. The highest BCUT2D eigenvalue weighted by Crippen LogP contribution is 2.15. The summed E-state index contributed by atoms with van der Waals surface area (Å²) in [5.41, 5.74) is 2.49. The number of aromatic nitrogens is 1. The van der Waals surface area contributed by atoms with Crippen molar-refractivity contribution in [3.05, 3.63) is 30.1 Å². The molecule has 62 valence electrons. The van der Waals surface area contributed by atoms with Gasteiger partial charge in [-0.1, -0.05) is 6.08 Å². The molecule has 1 aliphatic rings. The Hall–Kier alpha value is -1.31. The predicted octanol–water partition coefficient (Wildman–Crippen LogP) is 1.88. The van der Waals surface area contributed by atoms with Crippen LogP contribution in [0.5, 0.6) is 0 Å². The van der Waals surface area contributed by atoms with Gasteiger partial charge in [0.15, 0.2) is 0 Å². The van der Waals surface area contributed by atoms with Crippen LogP contribution in [0.1, 0.15) is 12.1 Å². The minimum absolute atomic E-state index is 0.938. The summed E-state index contributed by atoms with van der Waals surface area (Å²) < 4.78 is 2.11. The van der Waals surface area contributed by atoms with E-state index >= 15 is 0 Å². The molecule has 1 aromatic rings. The monoisotopic (exact) mass is 160 g/mol. The lowest BCUT2D eigenvalue weighted by atomic mass is 10.1. The van der Waals surface area contributed by atoms with Gasteiger partial charge in [-0.05, 0) is 18.6 Å². The standard InChI is InChI=1S/C10H12N2/c1-12-7-3-5-10(12)9-4-2-6-11-8-9/h3-5,7-8H,2,6H2,1H3. The Kier molecular flexibility index (Phi) is 1.82. The van der Waals surface area contributed by atoms with Crippen molar-refractivity contribution in [1.29, 1.82) is 0 Å². The highest BCUT2D eigenvalue weighted by Gasteiger charge is 2.03. The van der Waals surface area contributed by atoms with Crippen LogP contribution < -0.4 is 0 Å². The molecule has 2 rings (SSSR count). The molecular weight excluding hydrogens is 148 g/mol. The van der Waals surface area contributed by atoms with Crippen molar-refractivity contribution in [2.75, 3.05) is 6.54 Å². The van der Waals surface area contributed by atoms with Crippen molar-refractivity contribution < 1.29 is 0 Å². The third-order valence-electron chi connectivity index (χ3n) is 2.09. The van der Waals surface area contributed by atoms with E-state index in [2.05, 4.69) is 41.0 Å². The number of rotatable bonds is 1. The number of hydrogen-bond acceptors (Lipinski definition) is 1. The number of aliphatic imine (C=N–C) groups is 1. The van der Waals surface area contributed by atoms with Gasteiger partial charge < -0.3 is 4.57 Å². The highest BCUT2D eigenvalue weighted by molar-refractivity contribution is 6.09. The summed E-state index contributed by atoms with van der Waals surface area (Å²) in [6.07, 6.45) is 7.32. The lowest BCUT2D eigenvalue weighted by Crippen LogP contribution is -1.99. The summed E-state index contributed by atoms with van der Waals surface area (Å²) in [6, 6.07) is 4.17. The van der Waals surface area contributed by atoms with Crippen LogP contribution in [0.3, 0.4) is 0 Å². The van der Waals surface area contributed by atoms with E-state index in [0.717, 1.165) is 13.0 Å². The number of aryl methyl sites for hydroxylation is 1. The number of hydrogen-bond donors (Lipinski definition) is 0. The predicted molar refractivity (Wildman–Crippen MR) is 51.4 cm³/mol. The molecule has 0 fully saturated rings. The molecule has 0 spiro atoms. The van der Waals surface area contributed by atoms with Gasteiger partial charge in [-0.3, -0.25) is 4.99 Å². The normalized spacial score (nSPS) is 16.2. The zero-order valence-electron chi connectivity index (χ0n) is 7.20. The van der Waals surface area contributed by atoms with Crippen molar-refractivity contribution in [2.45, 2.75) is 6.42 Å². The Balaban J connectivity index is 2.36. The van der Waals surface area contributed by atoms with Gasteiger partial charge in [0.1, 0.15) is 0 Å². The van der Waals surface area contributed by atoms with Crippen LogP contribution in [0.25, 0.3) is 5.57 Å². The smallest absolute Gasteiger partial charge is 0.0489 e. The lowest BCUT2D eigenvalue weighted by Gasteiger charge is -2.07. The maximum Gasteiger partial charge on any atom is 0.0489 e. The first-order chi connectivity index (χ1) is 5.88. The SMILES string of the molecule is Cn1cccc1C1=CCCN=C1. The summed E-state index contributed by atoms with van der Waals surface area (Å²) in [5, 5.41) is 0. The molecule has 0 N–H and O–H groups in total. The molecule has 2 nitrogen and oxygen atoms in total. The van der Waals surface area contributed by atoms with Crippen molar-refractivity contribution in [1.82, 2.24) is 4.57 Å². The second kappa shape index (κ2) is 2.97. The molecule has 0 saturated heterocycles. The lowest BCUT2D eigenvalue weighted by molar-refractivity contribution is 0.907. The summed E-state index contributed by atoms with van der Waals surface area (Å²) in [5.74, 6) is 0. The van der Waals surface area contributed by atoms with Crippen molar-refractivity contribution in [3.8, 4) is 0 Å². The molecule has 0 aliphatic carbocycles. The molecule has 0 radical (unpaired) electrons. The van der Waals surface area contributed by atoms with Crippen LogP contribution >= 0.6 is 0 Å². The van der Waals surface area contributed by atoms with Gasteiger partial charge in [-0.2, -0.15) is 0 Å². The van der Waals surface area contributed by atoms with E-state index in [9.17, 15) is 0 Å². The number of dihydropyridines is 1. The maximum absolute atomic E-state index is 4.25. The summed E-state index contributed by atoms with van der Waals surface area (Å²) in [4.78, 5) is 4.25. The van der Waals surface area contributed by atoms with Gasteiger partial charge in [0.05, 0.1) is 0 Å². The summed E-state index contributed by atoms with van der Waals surface area (Å²) >= 11 is 0. The van der Waals surface area contributed by atoms with E-state index < -0.39 is 0 Å². The van der Waals surface area contributed by atoms with Crippen molar-refractivity contribution in [3.63, 3.8) is 0 Å². The first-order valence-electron chi connectivity index (χ1n) is 4.19. The fourth-order valence-corrected chi connectivity index (χ4v) is 1.44. The Bertz CT molecular complexity index is 331. The molecular formula is C10H12N2. The van der Waals surface area contributed by atoms with Gasteiger partial charge in [-0.25, -0.2) is 0 Å². The summed E-state index contributed by atoms with van der Waals surface area (Å²) in [6.45, 7) is 0.938. The minimum atomic E-state index is 0.938. The van der Waals surface area contributed by atoms with Crippen LogP contribution in [0, 0.1) is 0 Å². The molecule has 0 amide bonds. The maximum atomic E-state index is 4.25. The Morgan fingerprint density at radius 3 is 3.00 bits per heavy atom. The van der Waals surface area contributed by atoms with E-state index in [1.165, 1.54) is 11.3 Å². The molecule has 1 aliphatic heterocycles. The van der Waals surface area contributed by atoms with Crippen LogP contribution in [-0.2, 0) is 7.05 Å². The Morgan fingerprint density at radius 2 is 2.42 bits per heavy atom. The average molecular weight is 160 g/mol. The number of allylic oxidation sites excluding steroid dienone is 1. The van der Waals surface area contributed by atoms with Crippen LogP contribution in [-0.4, -0.2) is 17.3 Å². The van der Waals surface area contributed by atoms with Gasteiger partial charge in [0.2, 0.25) is 0 Å². The Morgan fingerprint density at radius 1 is 1.50 bits per heavy atom. The first-order valence-corrected chi connectivity index (χ1v) is 4.19. The molecule has 1 aromatic heterocycles. The van der Waals surface area contributed by atoms with Crippen molar-refractivity contribution in [2.24, 2.45) is 12.0 Å². The van der Waals surface area contributed by atoms with Crippen LogP contribution in [0.15, 0.2) is 29.4 Å². The quantitative estimate of drug-likeness (QED) is 0.597. The molecule has 2 heteroatoms. The molecule has 0 unspecified atom stereocenters. The second-order valence-corrected chi connectivity index (χ2v) is 2.99. The molecule has 12 heavy (non-hydrogen) atoms. The molecule has 0 saturated carbocycles. The zero-order chi connectivity index (χ0) is 8.39. The number of nitrogens with zero attached hydrogens (tertiary/aromatic N) is 2. The molecule has 2 heterocycles. The van der Waals surface area contributed by atoms with Crippen LogP contribution in [0.2, 0.25) is 0 Å². The Labute approximate surface area is 72.2 Å². The van der Waals surface area contributed by atoms with E-state index in [0.29, 0.717) is 0 Å². The third-order valence-corrected chi connectivity index (χ3v) is 2.09.